The van der Waals surface area contributed by atoms with Crippen molar-refractivity contribution in [2.75, 3.05) is 6.61 Å². The predicted octanol–water partition coefficient (Wildman–Crippen LogP) is 2.54. The lowest BCUT2D eigenvalue weighted by Crippen LogP contribution is -1.85. The van der Waals surface area contributed by atoms with E-state index in [1.54, 1.807) is 6.26 Å². The third-order valence-electron chi connectivity index (χ3n) is 0.994. The smallest absolute Gasteiger partial charge is 0.0873 e. The van der Waals surface area contributed by atoms with Gasteiger partial charge in [-0.2, -0.15) is 0 Å². The first-order valence-corrected chi connectivity index (χ1v) is 3.44. The number of ether oxygens (including phenoxy) is 1. The molecule has 9 heavy (non-hydrogen) atoms. The number of unbranched alkanes of at least 4 members (excludes halogenated alkanes) is 2. The third-order valence-corrected chi connectivity index (χ3v) is 0.994. The van der Waals surface area contributed by atoms with Crippen molar-refractivity contribution in [3.8, 4) is 0 Å². The van der Waals surface area contributed by atoms with Gasteiger partial charge in [-0.15, -0.1) is 0 Å². The van der Waals surface area contributed by atoms with Crippen LogP contribution in [0.1, 0.15) is 26.2 Å². The number of allylic oxidation sites excluding steroid dienone is 1. The van der Waals surface area contributed by atoms with Crippen molar-refractivity contribution in [3.63, 3.8) is 0 Å². The van der Waals surface area contributed by atoms with Crippen LogP contribution in [0.3, 0.4) is 0 Å². The van der Waals surface area contributed by atoms with Crippen LogP contribution in [0.25, 0.3) is 0 Å². The van der Waals surface area contributed by atoms with E-state index in [0.29, 0.717) is 0 Å². The summed E-state index contributed by atoms with van der Waals surface area (Å²) in [7, 11) is 0. The van der Waals surface area contributed by atoms with Crippen molar-refractivity contribution < 1.29 is 4.74 Å². The van der Waals surface area contributed by atoms with Crippen LogP contribution in [-0.2, 0) is 4.74 Å². The summed E-state index contributed by atoms with van der Waals surface area (Å²) in [5.41, 5.74) is 0. The highest BCUT2D eigenvalue weighted by atomic mass is 16.5. The van der Waals surface area contributed by atoms with Crippen LogP contribution in [0.15, 0.2) is 12.3 Å². The van der Waals surface area contributed by atoms with E-state index in [1.807, 2.05) is 13.0 Å². The van der Waals surface area contributed by atoms with Gasteiger partial charge in [-0.25, -0.2) is 0 Å². The molecular formula is C8H15O. The maximum atomic E-state index is 5.08. The van der Waals surface area contributed by atoms with Crippen LogP contribution in [-0.4, -0.2) is 6.61 Å². The van der Waals surface area contributed by atoms with Crippen molar-refractivity contribution in [3.05, 3.63) is 19.3 Å². The zero-order chi connectivity index (χ0) is 6.95. The number of hydrogen-bond acceptors (Lipinski definition) is 1. The molecule has 0 rings (SSSR count). The van der Waals surface area contributed by atoms with Crippen molar-refractivity contribution in [2.45, 2.75) is 26.2 Å². The topological polar surface area (TPSA) is 9.23 Å². The summed E-state index contributed by atoms with van der Waals surface area (Å²) in [6, 6.07) is 0. The first-order valence-electron chi connectivity index (χ1n) is 3.44. The van der Waals surface area contributed by atoms with Crippen LogP contribution in [0.5, 0.6) is 0 Å². The normalized spacial score (nSPS) is 10.4. The van der Waals surface area contributed by atoms with E-state index in [-0.39, 0.29) is 0 Å². The lowest BCUT2D eigenvalue weighted by atomic mass is 10.3. The molecule has 0 aromatic rings. The van der Waals surface area contributed by atoms with Gasteiger partial charge in [0, 0.05) is 0 Å². The van der Waals surface area contributed by atoms with E-state index in [4.69, 9.17) is 4.74 Å². The predicted molar refractivity (Wildman–Crippen MR) is 40.0 cm³/mol. The van der Waals surface area contributed by atoms with Crippen molar-refractivity contribution >= 4 is 0 Å². The minimum absolute atomic E-state index is 0.833. The van der Waals surface area contributed by atoms with Gasteiger partial charge in [0.1, 0.15) is 0 Å². The monoisotopic (exact) mass is 127 g/mol. The average Bonchev–Trinajstić information content (AvgIpc) is 1.89. The van der Waals surface area contributed by atoms with E-state index in [2.05, 4.69) is 6.92 Å². The SMILES string of the molecule is [CH2]CCCCOC=CC. The summed E-state index contributed by atoms with van der Waals surface area (Å²) < 4.78 is 5.08. The Kier molecular flexibility index (Phi) is 7.15. The molecule has 0 fully saturated rings. The molecule has 53 valence electrons. The molecule has 0 saturated carbocycles. The van der Waals surface area contributed by atoms with Crippen molar-refractivity contribution in [2.24, 2.45) is 0 Å². The third kappa shape index (κ3) is 7.54. The molecule has 1 heteroatoms. The summed E-state index contributed by atoms with van der Waals surface area (Å²) in [5.74, 6) is 0. The maximum Gasteiger partial charge on any atom is 0.0873 e. The summed E-state index contributed by atoms with van der Waals surface area (Å²) in [4.78, 5) is 0. The van der Waals surface area contributed by atoms with Gasteiger partial charge in [-0.05, 0) is 13.3 Å². The van der Waals surface area contributed by atoms with Crippen LogP contribution in [0.4, 0.5) is 0 Å². The Morgan fingerprint density at radius 3 is 2.78 bits per heavy atom. The highest BCUT2D eigenvalue weighted by Crippen LogP contribution is 1.93. The van der Waals surface area contributed by atoms with Gasteiger partial charge in [-0.1, -0.05) is 25.8 Å². The fraction of sp³-hybridized carbons (Fsp3) is 0.625. The summed E-state index contributed by atoms with van der Waals surface area (Å²) in [6.07, 6.45) is 6.91. The molecule has 0 aliphatic rings. The molecule has 1 nitrogen and oxygen atoms in total. The molecule has 0 saturated heterocycles. The molecule has 0 unspecified atom stereocenters. The number of hydrogen-bond donors (Lipinski definition) is 0. The molecule has 0 atom stereocenters. The molecule has 0 N–H and O–H groups in total. The minimum atomic E-state index is 0.833. The van der Waals surface area contributed by atoms with E-state index in [1.165, 1.54) is 0 Å². The van der Waals surface area contributed by atoms with E-state index < -0.39 is 0 Å². The van der Waals surface area contributed by atoms with Gasteiger partial charge >= 0.3 is 0 Å². The molecule has 0 aromatic heterocycles. The molecule has 0 aliphatic carbocycles. The van der Waals surface area contributed by atoms with Crippen LogP contribution in [0, 0.1) is 6.92 Å². The zero-order valence-corrected chi connectivity index (χ0v) is 6.10. The lowest BCUT2D eigenvalue weighted by molar-refractivity contribution is 0.242. The average molecular weight is 127 g/mol. The molecule has 0 bridgehead atoms. The van der Waals surface area contributed by atoms with Gasteiger partial charge < -0.3 is 4.74 Å². The van der Waals surface area contributed by atoms with E-state index >= 15 is 0 Å². The number of rotatable bonds is 5. The Morgan fingerprint density at radius 2 is 2.22 bits per heavy atom. The Labute approximate surface area is 57.7 Å². The fourth-order valence-electron chi connectivity index (χ4n) is 0.526. The van der Waals surface area contributed by atoms with Gasteiger partial charge in [-0.3, -0.25) is 0 Å². The minimum Gasteiger partial charge on any atom is -0.502 e. The second-order valence-electron chi connectivity index (χ2n) is 1.90. The summed E-state index contributed by atoms with van der Waals surface area (Å²) in [6.45, 7) is 6.51. The summed E-state index contributed by atoms with van der Waals surface area (Å²) in [5, 5.41) is 0. The zero-order valence-electron chi connectivity index (χ0n) is 6.10. The molecule has 0 aliphatic heterocycles. The van der Waals surface area contributed by atoms with Crippen LogP contribution < -0.4 is 0 Å². The maximum absolute atomic E-state index is 5.08. The molecule has 0 heterocycles. The van der Waals surface area contributed by atoms with E-state index in [0.717, 1.165) is 25.9 Å². The standard InChI is InChI=1S/C8H15O/c1-3-5-6-8-9-7-4-2/h4,7H,1,3,5-6,8H2,2H3. The highest BCUT2D eigenvalue weighted by molar-refractivity contribution is 4.64. The molecule has 1 radical (unpaired) electrons. The Bertz CT molecular complexity index is 67.0. The Morgan fingerprint density at radius 1 is 1.44 bits per heavy atom. The molecule has 0 spiro atoms. The van der Waals surface area contributed by atoms with Crippen LogP contribution >= 0.6 is 0 Å². The highest BCUT2D eigenvalue weighted by Gasteiger charge is 1.81. The lowest BCUT2D eigenvalue weighted by Gasteiger charge is -1.96. The quantitative estimate of drug-likeness (QED) is 0.407. The first kappa shape index (κ1) is 8.54. The van der Waals surface area contributed by atoms with E-state index in [9.17, 15) is 0 Å². The van der Waals surface area contributed by atoms with Crippen molar-refractivity contribution in [1.29, 1.82) is 0 Å². The molecule has 0 aromatic carbocycles. The Hall–Kier alpha value is -0.460. The fourth-order valence-corrected chi connectivity index (χ4v) is 0.526. The summed E-state index contributed by atoms with van der Waals surface area (Å²) >= 11 is 0. The molecular weight excluding hydrogens is 112 g/mol. The van der Waals surface area contributed by atoms with Gasteiger partial charge in [0.25, 0.3) is 0 Å². The van der Waals surface area contributed by atoms with Gasteiger partial charge in [0.15, 0.2) is 0 Å². The van der Waals surface area contributed by atoms with Gasteiger partial charge in [0.2, 0.25) is 0 Å². The Balaban J connectivity index is 2.75. The van der Waals surface area contributed by atoms with Crippen LogP contribution in [0.2, 0.25) is 0 Å². The first-order chi connectivity index (χ1) is 4.41. The largest absolute Gasteiger partial charge is 0.502 e. The second kappa shape index (κ2) is 7.54. The second-order valence-corrected chi connectivity index (χ2v) is 1.90. The van der Waals surface area contributed by atoms with Gasteiger partial charge in [0.05, 0.1) is 12.9 Å². The molecule has 0 amide bonds. The van der Waals surface area contributed by atoms with Crippen molar-refractivity contribution in [1.82, 2.24) is 0 Å².